The number of hydrogen-bond donors (Lipinski definition) is 0. The number of morpholine rings is 1. The highest BCUT2D eigenvalue weighted by molar-refractivity contribution is 6.33. The van der Waals surface area contributed by atoms with Crippen molar-refractivity contribution in [2.45, 2.75) is 25.7 Å². The van der Waals surface area contributed by atoms with Crippen LogP contribution in [0.5, 0.6) is 0 Å². The van der Waals surface area contributed by atoms with E-state index >= 15 is 0 Å². The Morgan fingerprint density at radius 2 is 1.64 bits per heavy atom. The van der Waals surface area contributed by atoms with E-state index in [4.69, 9.17) is 16.3 Å². The molecule has 0 radical (unpaired) electrons. The quantitative estimate of drug-likeness (QED) is 0.824. The molecule has 0 N–H and O–H groups in total. The number of hydrogen-bond acceptors (Lipinski definition) is 3. The van der Waals surface area contributed by atoms with Crippen molar-refractivity contribution in [3.63, 3.8) is 0 Å². The van der Waals surface area contributed by atoms with Crippen LogP contribution in [0.1, 0.15) is 25.7 Å². The molecule has 4 heteroatoms. The topological polar surface area (TPSA) is 15.7 Å². The lowest BCUT2D eigenvalue weighted by atomic mass is 9.82. The van der Waals surface area contributed by atoms with Gasteiger partial charge in [0, 0.05) is 31.9 Å². The molecule has 1 saturated carbocycles. The first-order valence-electron chi connectivity index (χ1n) is 8.68. The largest absolute Gasteiger partial charge is 0.378 e. The van der Waals surface area contributed by atoms with E-state index in [0.29, 0.717) is 0 Å². The molecule has 3 nitrogen and oxygen atoms in total. The van der Waals surface area contributed by atoms with Crippen LogP contribution in [0.4, 0.5) is 11.4 Å². The summed E-state index contributed by atoms with van der Waals surface area (Å²) in [5.74, 6) is 1.82. The maximum absolute atomic E-state index is 6.58. The molecule has 2 heterocycles. The van der Waals surface area contributed by atoms with Gasteiger partial charge in [-0.05, 0) is 42.9 Å². The molecule has 0 amide bonds. The Hall–Kier alpha value is -0.930. The highest BCUT2D eigenvalue weighted by atomic mass is 35.5. The van der Waals surface area contributed by atoms with E-state index in [2.05, 4.69) is 28.0 Å². The van der Waals surface area contributed by atoms with Crippen LogP contribution >= 0.6 is 11.6 Å². The minimum atomic E-state index is 0.799. The van der Waals surface area contributed by atoms with Crippen LogP contribution in [0.2, 0.25) is 5.02 Å². The van der Waals surface area contributed by atoms with Gasteiger partial charge in [-0.1, -0.05) is 24.4 Å². The molecular formula is C18H25ClN2O. The number of benzene rings is 1. The van der Waals surface area contributed by atoms with Crippen molar-refractivity contribution in [1.29, 1.82) is 0 Å². The summed E-state index contributed by atoms with van der Waals surface area (Å²) in [7, 11) is 0. The molecule has 0 spiro atoms. The predicted octanol–water partition coefficient (Wildman–Crippen LogP) is 3.80. The summed E-state index contributed by atoms with van der Waals surface area (Å²) >= 11 is 6.58. The molecule has 3 aliphatic rings. The Labute approximate surface area is 138 Å². The summed E-state index contributed by atoms with van der Waals surface area (Å²) in [5.41, 5.74) is 2.46. The molecule has 0 bridgehead atoms. The van der Waals surface area contributed by atoms with Crippen molar-refractivity contribution in [3.05, 3.63) is 23.2 Å². The molecule has 3 fully saturated rings. The fraction of sp³-hybridized carbons (Fsp3) is 0.667. The van der Waals surface area contributed by atoms with Crippen LogP contribution in [-0.4, -0.2) is 39.4 Å². The molecule has 2 aliphatic heterocycles. The van der Waals surface area contributed by atoms with Gasteiger partial charge in [-0.25, -0.2) is 0 Å². The van der Waals surface area contributed by atoms with Gasteiger partial charge in [0.1, 0.15) is 0 Å². The monoisotopic (exact) mass is 320 g/mol. The van der Waals surface area contributed by atoms with Gasteiger partial charge in [-0.15, -0.1) is 0 Å². The van der Waals surface area contributed by atoms with Crippen molar-refractivity contribution >= 4 is 23.0 Å². The van der Waals surface area contributed by atoms with Crippen molar-refractivity contribution in [2.24, 2.45) is 11.8 Å². The lowest BCUT2D eigenvalue weighted by Gasteiger charge is -2.30. The summed E-state index contributed by atoms with van der Waals surface area (Å²) in [6.45, 7) is 5.91. The molecule has 2 saturated heterocycles. The minimum Gasteiger partial charge on any atom is -0.378 e. The average molecular weight is 321 g/mol. The van der Waals surface area contributed by atoms with Crippen LogP contribution in [-0.2, 0) is 4.74 Å². The van der Waals surface area contributed by atoms with Crippen molar-refractivity contribution in [1.82, 2.24) is 0 Å². The Bertz CT molecular complexity index is 516. The summed E-state index contributed by atoms with van der Waals surface area (Å²) < 4.78 is 5.43. The van der Waals surface area contributed by atoms with Crippen molar-refractivity contribution in [2.75, 3.05) is 49.2 Å². The maximum atomic E-state index is 6.58. The van der Waals surface area contributed by atoms with Crippen LogP contribution in [0.3, 0.4) is 0 Å². The highest BCUT2D eigenvalue weighted by Crippen LogP contribution is 2.39. The van der Waals surface area contributed by atoms with Crippen LogP contribution in [0.15, 0.2) is 18.2 Å². The third kappa shape index (κ3) is 2.81. The van der Waals surface area contributed by atoms with Gasteiger partial charge >= 0.3 is 0 Å². The van der Waals surface area contributed by atoms with Gasteiger partial charge in [-0.3, -0.25) is 0 Å². The van der Waals surface area contributed by atoms with Crippen LogP contribution in [0, 0.1) is 11.8 Å². The van der Waals surface area contributed by atoms with E-state index in [1.54, 1.807) is 0 Å². The van der Waals surface area contributed by atoms with E-state index in [-0.39, 0.29) is 0 Å². The number of fused-ring (bicyclic) bond motifs is 1. The van der Waals surface area contributed by atoms with Crippen LogP contribution < -0.4 is 9.80 Å². The Morgan fingerprint density at radius 1 is 0.955 bits per heavy atom. The smallest absolute Gasteiger partial charge is 0.0660 e. The Morgan fingerprint density at radius 3 is 2.27 bits per heavy atom. The maximum Gasteiger partial charge on any atom is 0.0660 e. The van der Waals surface area contributed by atoms with E-state index in [0.717, 1.165) is 48.8 Å². The normalized spacial score (nSPS) is 28.8. The minimum absolute atomic E-state index is 0.799. The molecule has 4 rings (SSSR count). The van der Waals surface area contributed by atoms with Gasteiger partial charge in [0.15, 0.2) is 0 Å². The first-order valence-corrected chi connectivity index (χ1v) is 9.06. The van der Waals surface area contributed by atoms with E-state index in [9.17, 15) is 0 Å². The fourth-order valence-corrected chi connectivity index (χ4v) is 4.66. The lowest BCUT2D eigenvalue weighted by molar-refractivity contribution is 0.122. The molecule has 0 aromatic heterocycles. The molecule has 22 heavy (non-hydrogen) atoms. The molecule has 1 aliphatic carbocycles. The van der Waals surface area contributed by atoms with Crippen molar-refractivity contribution in [3.8, 4) is 0 Å². The number of halogens is 1. The zero-order chi connectivity index (χ0) is 14.9. The standard InChI is InChI=1S/C18H25ClN2O/c19-17-11-16(5-6-18(17)20-7-9-22-10-8-20)21-12-14-3-1-2-4-15(14)13-21/h5-6,11,14-15H,1-4,7-10,12-13H2. The van der Waals surface area contributed by atoms with Gasteiger partial charge in [0.2, 0.25) is 0 Å². The number of nitrogens with zero attached hydrogens (tertiary/aromatic N) is 2. The molecular weight excluding hydrogens is 296 g/mol. The zero-order valence-corrected chi connectivity index (χ0v) is 13.9. The summed E-state index contributed by atoms with van der Waals surface area (Å²) in [5, 5.41) is 0.884. The third-order valence-electron chi connectivity index (χ3n) is 5.62. The molecule has 1 aromatic rings. The van der Waals surface area contributed by atoms with Gasteiger partial charge in [0.25, 0.3) is 0 Å². The average Bonchev–Trinajstić information content (AvgIpc) is 2.99. The summed E-state index contributed by atoms with van der Waals surface area (Å²) in [6, 6.07) is 6.63. The van der Waals surface area contributed by atoms with Crippen LogP contribution in [0.25, 0.3) is 0 Å². The highest BCUT2D eigenvalue weighted by Gasteiger charge is 2.34. The predicted molar refractivity (Wildman–Crippen MR) is 92.1 cm³/mol. The Balaban J connectivity index is 1.50. The summed E-state index contributed by atoms with van der Waals surface area (Å²) in [4.78, 5) is 4.88. The SMILES string of the molecule is Clc1cc(N2CC3CCCCC3C2)ccc1N1CCOCC1. The number of anilines is 2. The second-order valence-electron chi connectivity index (χ2n) is 6.94. The van der Waals surface area contributed by atoms with Gasteiger partial charge < -0.3 is 14.5 Å². The number of rotatable bonds is 2. The van der Waals surface area contributed by atoms with E-state index < -0.39 is 0 Å². The first-order chi connectivity index (χ1) is 10.8. The van der Waals surface area contributed by atoms with Gasteiger partial charge in [0.05, 0.1) is 23.9 Å². The number of ether oxygens (including phenoxy) is 1. The van der Waals surface area contributed by atoms with E-state index in [1.807, 2.05) is 0 Å². The Kier molecular flexibility index (Phi) is 4.19. The molecule has 2 unspecified atom stereocenters. The first kappa shape index (κ1) is 14.6. The fourth-order valence-electron chi connectivity index (χ4n) is 4.37. The zero-order valence-electron chi connectivity index (χ0n) is 13.1. The van der Waals surface area contributed by atoms with Gasteiger partial charge in [-0.2, -0.15) is 0 Å². The molecule has 1 aromatic carbocycles. The van der Waals surface area contributed by atoms with Crippen molar-refractivity contribution < 1.29 is 4.74 Å². The third-order valence-corrected chi connectivity index (χ3v) is 5.93. The summed E-state index contributed by atoms with van der Waals surface area (Å²) in [6.07, 6.45) is 5.68. The van der Waals surface area contributed by atoms with E-state index in [1.165, 1.54) is 44.5 Å². The second kappa shape index (κ2) is 6.29. The molecule has 120 valence electrons. The lowest BCUT2D eigenvalue weighted by Crippen LogP contribution is -2.36. The second-order valence-corrected chi connectivity index (χ2v) is 7.35. The molecule has 2 atom stereocenters.